The van der Waals surface area contributed by atoms with Gasteiger partial charge >= 0.3 is 0 Å². The number of benzene rings is 1. The predicted molar refractivity (Wildman–Crippen MR) is 41.2 cm³/mol. The fraction of sp³-hybridized carbons (Fsp3) is 0. The molecule has 1 aromatic heterocycles. The van der Waals surface area contributed by atoms with Gasteiger partial charge in [0.1, 0.15) is 5.56 Å². The van der Waals surface area contributed by atoms with Crippen LogP contribution in [0.3, 0.4) is 0 Å². The maximum Gasteiger partial charge on any atom is 0.143 e. The van der Waals surface area contributed by atoms with E-state index in [1.165, 1.54) is 0 Å². The van der Waals surface area contributed by atoms with Gasteiger partial charge in [0.2, 0.25) is 0 Å². The van der Waals surface area contributed by atoms with Crippen molar-refractivity contribution in [2.24, 2.45) is 0 Å². The van der Waals surface area contributed by atoms with Crippen molar-refractivity contribution in [3.05, 3.63) is 40.9 Å². The van der Waals surface area contributed by atoms with E-state index < -0.39 is 0 Å². The fourth-order valence-corrected chi connectivity index (χ4v) is 0.969. The minimum atomic E-state index is -0.143. The van der Waals surface area contributed by atoms with Crippen LogP contribution in [0.1, 0.15) is 0 Å². The summed E-state index contributed by atoms with van der Waals surface area (Å²) in [7, 11) is 0. The average Bonchev–Trinajstić information content (AvgIpc) is 2.06. The molecule has 0 bridgehead atoms. The minimum Gasteiger partial charge on any atom is -0.420 e. The van der Waals surface area contributed by atoms with E-state index in [-0.39, 0.29) is 5.56 Å². The van der Waals surface area contributed by atoms with E-state index in [0.717, 1.165) is 0 Å². The summed E-state index contributed by atoms with van der Waals surface area (Å²) in [6.45, 7) is 0. The van der Waals surface area contributed by atoms with Crippen molar-refractivity contribution in [2.75, 3.05) is 0 Å². The van der Waals surface area contributed by atoms with E-state index in [2.05, 4.69) is 16.3 Å². The molecule has 0 unspecified atom stereocenters. The van der Waals surface area contributed by atoms with E-state index >= 15 is 0 Å². The zero-order valence-corrected chi connectivity index (χ0v) is 5.66. The summed E-state index contributed by atoms with van der Waals surface area (Å²) in [4.78, 5) is 17.3. The highest BCUT2D eigenvalue weighted by Gasteiger charge is 1.84. The summed E-state index contributed by atoms with van der Waals surface area (Å²) >= 11 is 0. The standard InChI is InChI=1S/C8H5N2O/c11-8-6-3-1-2-4-7(6)9-5-10-8/h1-4H,(H,9,10,11)/q-1. The number of rotatable bonds is 0. The molecule has 11 heavy (non-hydrogen) atoms. The zero-order valence-electron chi connectivity index (χ0n) is 5.66. The van der Waals surface area contributed by atoms with Crippen LogP contribution in [0.4, 0.5) is 0 Å². The summed E-state index contributed by atoms with van der Waals surface area (Å²) < 4.78 is 0. The van der Waals surface area contributed by atoms with Crippen molar-refractivity contribution in [3.63, 3.8) is 0 Å². The van der Waals surface area contributed by atoms with Crippen LogP contribution >= 0.6 is 0 Å². The minimum absolute atomic E-state index is 0.143. The SMILES string of the molecule is O=c1[nH][c-]nc2ccccc12. The van der Waals surface area contributed by atoms with Gasteiger partial charge in [-0.25, -0.2) is 0 Å². The maximum atomic E-state index is 11.1. The molecular weight excluding hydrogens is 140 g/mol. The van der Waals surface area contributed by atoms with E-state index in [1.807, 2.05) is 6.07 Å². The molecule has 54 valence electrons. The Bertz CT molecular complexity index is 428. The molecule has 0 saturated heterocycles. The van der Waals surface area contributed by atoms with Gasteiger partial charge in [-0.1, -0.05) is 24.3 Å². The lowest BCUT2D eigenvalue weighted by molar-refractivity contribution is 1.15. The second-order valence-corrected chi connectivity index (χ2v) is 2.19. The van der Waals surface area contributed by atoms with Crippen molar-refractivity contribution in [3.8, 4) is 0 Å². The molecule has 0 aliphatic heterocycles. The van der Waals surface area contributed by atoms with E-state index in [4.69, 9.17) is 0 Å². The lowest BCUT2D eigenvalue weighted by Gasteiger charge is -2.00. The molecule has 3 nitrogen and oxygen atoms in total. The molecule has 0 aliphatic carbocycles. The van der Waals surface area contributed by atoms with Gasteiger partial charge in [-0.15, -0.1) is 0 Å². The average molecular weight is 145 g/mol. The van der Waals surface area contributed by atoms with Crippen LogP contribution in [0.2, 0.25) is 0 Å². The third-order valence-electron chi connectivity index (χ3n) is 1.49. The normalized spacial score (nSPS) is 10.2. The first-order chi connectivity index (χ1) is 5.38. The second kappa shape index (κ2) is 2.20. The molecule has 1 aromatic carbocycles. The van der Waals surface area contributed by atoms with Crippen LogP contribution in [0.5, 0.6) is 0 Å². The van der Waals surface area contributed by atoms with Crippen LogP contribution in [-0.4, -0.2) is 9.97 Å². The number of nitrogens with zero attached hydrogens (tertiary/aromatic N) is 1. The molecule has 0 aliphatic rings. The van der Waals surface area contributed by atoms with E-state index in [9.17, 15) is 4.79 Å². The maximum absolute atomic E-state index is 11.1. The van der Waals surface area contributed by atoms with E-state index in [0.29, 0.717) is 10.9 Å². The molecule has 1 heterocycles. The third kappa shape index (κ3) is 0.902. The molecule has 0 amide bonds. The van der Waals surface area contributed by atoms with Crippen molar-refractivity contribution in [2.45, 2.75) is 0 Å². The highest BCUT2D eigenvalue weighted by atomic mass is 16.1. The largest absolute Gasteiger partial charge is 0.420 e. The number of hydrogen-bond donors (Lipinski definition) is 1. The Morgan fingerprint density at radius 2 is 2.18 bits per heavy atom. The van der Waals surface area contributed by atoms with Crippen LogP contribution in [0, 0.1) is 6.33 Å². The quantitative estimate of drug-likeness (QED) is 0.555. The first-order valence-corrected chi connectivity index (χ1v) is 3.23. The van der Waals surface area contributed by atoms with Crippen molar-refractivity contribution < 1.29 is 0 Å². The molecule has 0 spiro atoms. The summed E-state index contributed by atoms with van der Waals surface area (Å²) in [5, 5.41) is 0.603. The lowest BCUT2D eigenvalue weighted by Crippen LogP contribution is -2.05. The van der Waals surface area contributed by atoms with Crippen LogP contribution in [0.25, 0.3) is 10.9 Å². The Morgan fingerprint density at radius 3 is 3.00 bits per heavy atom. The Kier molecular flexibility index (Phi) is 1.22. The number of aromatic nitrogens is 2. The third-order valence-corrected chi connectivity index (χ3v) is 1.49. The van der Waals surface area contributed by atoms with Crippen molar-refractivity contribution >= 4 is 10.9 Å². The van der Waals surface area contributed by atoms with Gasteiger partial charge in [0.05, 0.1) is 0 Å². The lowest BCUT2D eigenvalue weighted by atomic mass is 10.2. The van der Waals surface area contributed by atoms with Gasteiger partial charge in [0.15, 0.2) is 0 Å². The number of aromatic amines is 1. The Labute approximate surface area is 62.7 Å². The zero-order chi connectivity index (χ0) is 7.68. The molecule has 2 aromatic rings. The highest BCUT2D eigenvalue weighted by molar-refractivity contribution is 5.76. The van der Waals surface area contributed by atoms with Gasteiger partial charge in [-0.2, -0.15) is 0 Å². The molecule has 3 heteroatoms. The summed E-state index contributed by atoms with van der Waals surface area (Å²) in [6.07, 6.45) is 2.42. The van der Waals surface area contributed by atoms with Crippen LogP contribution in [-0.2, 0) is 0 Å². The van der Waals surface area contributed by atoms with Gasteiger partial charge < -0.3 is 14.8 Å². The molecule has 1 N–H and O–H groups in total. The molecule has 0 atom stereocenters. The monoisotopic (exact) mass is 145 g/mol. The summed E-state index contributed by atoms with van der Waals surface area (Å²) in [5.41, 5.74) is 0.534. The number of hydrogen-bond acceptors (Lipinski definition) is 2. The number of para-hydroxylation sites is 1. The number of fused-ring (bicyclic) bond motifs is 1. The molecular formula is C8H5N2O-. The summed E-state index contributed by atoms with van der Waals surface area (Å²) in [6, 6.07) is 7.15. The Hall–Kier alpha value is -1.64. The van der Waals surface area contributed by atoms with Crippen molar-refractivity contribution in [1.29, 1.82) is 0 Å². The summed E-state index contributed by atoms with van der Waals surface area (Å²) in [5.74, 6) is 0. The predicted octanol–water partition coefficient (Wildman–Crippen LogP) is 0.723. The van der Waals surface area contributed by atoms with Gasteiger partial charge in [0, 0.05) is 6.33 Å². The fourth-order valence-electron chi connectivity index (χ4n) is 0.969. The molecule has 0 fully saturated rings. The Morgan fingerprint density at radius 1 is 1.36 bits per heavy atom. The Balaban J connectivity index is 3.03. The van der Waals surface area contributed by atoms with Crippen LogP contribution in [0.15, 0.2) is 29.1 Å². The van der Waals surface area contributed by atoms with Crippen LogP contribution < -0.4 is 5.56 Å². The van der Waals surface area contributed by atoms with Gasteiger partial charge in [0.25, 0.3) is 0 Å². The highest BCUT2D eigenvalue weighted by Crippen LogP contribution is 2.02. The first kappa shape index (κ1) is 6.09. The molecule has 0 radical (unpaired) electrons. The number of nitrogens with one attached hydrogen (secondary N) is 1. The van der Waals surface area contributed by atoms with Crippen molar-refractivity contribution in [1.82, 2.24) is 9.97 Å². The molecule has 0 saturated carbocycles. The molecule has 2 rings (SSSR count). The smallest absolute Gasteiger partial charge is 0.143 e. The topological polar surface area (TPSA) is 45.8 Å². The van der Waals surface area contributed by atoms with E-state index in [1.54, 1.807) is 18.2 Å². The second-order valence-electron chi connectivity index (χ2n) is 2.19. The first-order valence-electron chi connectivity index (χ1n) is 3.23. The van der Waals surface area contributed by atoms with Gasteiger partial charge in [-0.05, 0) is 10.9 Å². The van der Waals surface area contributed by atoms with Gasteiger partial charge in [-0.3, -0.25) is 0 Å². The number of H-pyrrole nitrogens is 1.